The second kappa shape index (κ2) is 34.2. The Kier molecular flexibility index (Phi) is 28.6. The van der Waals surface area contributed by atoms with Crippen molar-refractivity contribution in [3.05, 3.63) is 277 Å². The van der Waals surface area contributed by atoms with Gasteiger partial charge in [-0.25, -0.2) is 0 Å². The molecule has 10 rings (SSSR count). The van der Waals surface area contributed by atoms with Crippen LogP contribution in [0.2, 0.25) is 0 Å². The molecule has 0 amide bonds. The maximum absolute atomic E-state index is 5.91. The van der Waals surface area contributed by atoms with Crippen molar-refractivity contribution in [2.24, 2.45) is 0 Å². The van der Waals surface area contributed by atoms with Crippen LogP contribution in [0.3, 0.4) is 0 Å². The number of hydrogen-bond acceptors (Lipinski definition) is 2. The quantitative estimate of drug-likeness (QED) is 0.0989. The van der Waals surface area contributed by atoms with E-state index in [9.17, 15) is 0 Å². The molecule has 0 nitrogen and oxygen atoms in total. The zero-order valence-electron chi connectivity index (χ0n) is 48.5. The zero-order chi connectivity index (χ0) is 58.5. The number of hydrogen-bond donors (Lipinski definition) is 0. The van der Waals surface area contributed by atoms with Gasteiger partial charge in [-0.15, -0.1) is 10.5 Å². The van der Waals surface area contributed by atoms with E-state index in [0.717, 1.165) is 12.8 Å². The van der Waals surface area contributed by atoms with Crippen LogP contribution < -0.4 is 0 Å². The van der Waals surface area contributed by atoms with Gasteiger partial charge in [0.1, 0.15) is 0 Å². The molecular formula is C74H76Cl2Ru2S2. The fourth-order valence-electron chi connectivity index (χ4n) is 10.2. The molecule has 80 heavy (non-hydrogen) atoms. The fraction of sp³-hybridized carbons (Fsp3) is 0.216. The molecule has 0 spiro atoms. The summed E-state index contributed by atoms with van der Waals surface area (Å²) in [6, 6.07) is 72.9. The van der Waals surface area contributed by atoms with Gasteiger partial charge in [-0.05, 0) is 138 Å². The van der Waals surface area contributed by atoms with Gasteiger partial charge in [0.25, 0.3) is 0 Å². The van der Waals surface area contributed by atoms with Gasteiger partial charge in [-0.2, -0.15) is 0 Å². The van der Waals surface area contributed by atoms with E-state index in [-0.39, 0.29) is 10.5 Å². The van der Waals surface area contributed by atoms with Crippen molar-refractivity contribution in [2.45, 2.75) is 106 Å². The van der Waals surface area contributed by atoms with Crippen molar-refractivity contribution in [1.29, 1.82) is 0 Å². The second-order valence-corrected chi connectivity index (χ2v) is 21.4. The molecular weight excluding hydrogens is 1230 g/mol. The first kappa shape index (κ1) is 67.1. The van der Waals surface area contributed by atoms with Crippen LogP contribution in [0, 0.1) is 59.2 Å². The third kappa shape index (κ3) is 17.2. The number of halogens is 2. The Bertz CT molecular complexity index is 2700. The van der Waals surface area contributed by atoms with Crippen LogP contribution in [-0.2, 0) is 59.9 Å². The van der Waals surface area contributed by atoms with Crippen LogP contribution in [0.1, 0.15) is 118 Å². The third-order valence-electron chi connectivity index (χ3n) is 15.9. The van der Waals surface area contributed by atoms with Gasteiger partial charge in [0, 0.05) is 0 Å². The first-order valence-corrected chi connectivity index (χ1v) is 32.7. The summed E-state index contributed by atoms with van der Waals surface area (Å²) in [5.41, 5.74) is 17.2. The maximum atomic E-state index is 5.91. The molecule has 0 aromatic heterocycles. The summed E-state index contributed by atoms with van der Waals surface area (Å²) in [7, 11) is 9.14. The summed E-state index contributed by atoms with van der Waals surface area (Å²) < 4.78 is 0. The Morgan fingerprint density at radius 2 is 0.463 bits per heavy atom. The standard InChI is InChI=1S/2C27H24S.2C10H15.2ClH.2Ru/c2*1-2-26(28)25-19-23(20-12-6-3-7-13-20)18-24(21-14-8-4-9-15-21)27(25)22-16-10-5-11-17-22;2*1-6-7(2)9(4)10(5)8(6)3;;;;/h2*3-19,26,28H,2H2,1H3;2*1-5H3;2*1H;;/q;;;;;;2*+2/p-4/t2*26-;;;;;;/m11....../s1. The van der Waals surface area contributed by atoms with Crippen molar-refractivity contribution in [3.8, 4) is 66.8 Å². The van der Waals surface area contributed by atoms with E-state index >= 15 is 0 Å². The fourth-order valence-corrected chi connectivity index (χ4v) is 10.6. The van der Waals surface area contributed by atoms with E-state index in [4.69, 9.17) is 25.3 Å². The molecule has 414 valence electrons. The third-order valence-corrected chi connectivity index (χ3v) is 17.1. The van der Waals surface area contributed by atoms with Gasteiger partial charge >= 0.3 is 54.0 Å². The van der Waals surface area contributed by atoms with Crippen molar-refractivity contribution < 1.29 is 34.6 Å². The van der Waals surface area contributed by atoms with Gasteiger partial charge in [0.15, 0.2) is 0 Å². The average molecular weight is 1300 g/mol. The predicted octanol–water partition coefficient (Wildman–Crippen LogP) is 22.7. The van der Waals surface area contributed by atoms with Crippen LogP contribution in [0.5, 0.6) is 0 Å². The Morgan fingerprint density at radius 1 is 0.275 bits per heavy atom. The van der Waals surface area contributed by atoms with Crippen molar-refractivity contribution in [1.82, 2.24) is 0 Å². The summed E-state index contributed by atoms with van der Waals surface area (Å²) in [5.74, 6) is 14.7. The Hall–Kier alpha value is -3.71. The molecule has 0 bridgehead atoms. The normalized spacial score (nSPS) is 15.6. The van der Waals surface area contributed by atoms with Gasteiger partial charge in [0.2, 0.25) is 0 Å². The first-order chi connectivity index (χ1) is 38.7. The van der Waals surface area contributed by atoms with E-state index in [1.165, 1.54) is 137 Å². The molecule has 2 atom stereocenters. The molecule has 0 N–H and O–H groups in total. The topological polar surface area (TPSA) is 0 Å². The molecule has 2 aliphatic carbocycles. The van der Waals surface area contributed by atoms with Crippen LogP contribution in [0.4, 0.5) is 0 Å². The van der Waals surface area contributed by atoms with Crippen molar-refractivity contribution >= 4 is 44.6 Å². The van der Waals surface area contributed by atoms with Crippen LogP contribution in [-0.4, -0.2) is 0 Å². The van der Waals surface area contributed by atoms with Crippen molar-refractivity contribution in [2.75, 3.05) is 0 Å². The van der Waals surface area contributed by atoms with Gasteiger partial charge in [0.05, 0.1) is 0 Å². The Morgan fingerprint density at radius 3 is 0.662 bits per heavy atom. The monoisotopic (exact) mass is 1300 g/mol. The molecule has 0 aliphatic heterocycles. The van der Waals surface area contributed by atoms with Crippen LogP contribution in [0.15, 0.2) is 206 Å². The van der Waals surface area contributed by atoms with Crippen molar-refractivity contribution in [3.63, 3.8) is 0 Å². The molecule has 2 saturated carbocycles. The second-order valence-electron chi connectivity index (χ2n) is 20.2. The summed E-state index contributed by atoms with van der Waals surface area (Å²) in [6.07, 6.45) is 1.86. The van der Waals surface area contributed by atoms with Crippen LogP contribution in [0.25, 0.3) is 66.8 Å². The minimum atomic E-state index is 0.0707. The zero-order valence-corrected chi connectivity index (χ0v) is 55.1. The molecule has 8 aromatic rings. The minimum absolute atomic E-state index is 0.0707. The van der Waals surface area contributed by atoms with E-state index < -0.39 is 0 Å². The van der Waals surface area contributed by atoms with Gasteiger partial charge in [-0.1, -0.05) is 301 Å². The molecule has 10 radical (unpaired) electrons. The summed E-state index contributed by atoms with van der Waals surface area (Å²) in [6.45, 7) is 26.3. The van der Waals surface area contributed by atoms with E-state index in [1.807, 2.05) is 34.6 Å². The molecule has 0 heterocycles. The number of benzene rings is 8. The molecule has 0 saturated heterocycles. The predicted molar refractivity (Wildman–Crippen MR) is 347 cm³/mol. The summed E-state index contributed by atoms with van der Waals surface area (Å²) in [5, 5.41) is 0.141. The van der Waals surface area contributed by atoms with Gasteiger partial charge < -0.3 is 25.3 Å². The molecule has 2 fully saturated rings. The van der Waals surface area contributed by atoms with Gasteiger partial charge in [-0.3, -0.25) is 0 Å². The molecule has 6 heteroatoms. The molecule has 8 aromatic carbocycles. The molecule has 2 aliphatic rings. The van der Waals surface area contributed by atoms with E-state index in [0.29, 0.717) is 0 Å². The van der Waals surface area contributed by atoms with E-state index in [1.54, 1.807) is 0 Å². The average Bonchev–Trinajstić information content (AvgIpc) is 3.82. The summed E-state index contributed by atoms with van der Waals surface area (Å²) >= 11 is 15.5. The van der Waals surface area contributed by atoms with Crippen LogP contribution >= 0.6 is 19.4 Å². The Labute approximate surface area is 524 Å². The molecule has 0 unspecified atom stereocenters. The SMILES string of the molecule is CC[C@@H]([S-])c1cc(-c2ccccc2)cc(-c2ccccc2)c1-c1ccccc1.CC[C@@H]([S-])c1cc(-c2ccccc2)cc(-c2ccccc2)c1-c1ccccc1.C[C]1[C](C)[C](C)[C](C)[C]1C.C[C]1[C](C)[C](C)[C](C)[C]1C.[Cl][Ru+].[Cl][Ru+]. The number of rotatable bonds is 10. The van der Waals surface area contributed by atoms with E-state index in [2.05, 4.69) is 309 Å². The Balaban J connectivity index is 0.000000211. The summed E-state index contributed by atoms with van der Waals surface area (Å²) in [4.78, 5) is 0. The first-order valence-electron chi connectivity index (χ1n) is 27.3.